The van der Waals surface area contributed by atoms with E-state index in [1.54, 1.807) is 12.1 Å². The monoisotopic (exact) mass is 396 g/mol. The van der Waals surface area contributed by atoms with Crippen molar-refractivity contribution in [1.82, 2.24) is 4.98 Å². The number of amides is 1. The molecule has 28 heavy (non-hydrogen) atoms. The van der Waals surface area contributed by atoms with Gasteiger partial charge in [0, 0.05) is 10.9 Å². The van der Waals surface area contributed by atoms with Crippen molar-refractivity contribution in [3.8, 4) is 22.8 Å². The van der Waals surface area contributed by atoms with E-state index in [1.165, 1.54) is 24.3 Å². The van der Waals surface area contributed by atoms with Crippen molar-refractivity contribution in [2.75, 3.05) is 12.1 Å². The summed E-state index contributed by atoms with van der Waals surface area (Å²) in [5.74, 6) is -0.0313. The highest BCUT2D eigenvalue weighted by Crippen LogP contribution is 2.32. The number of carbonyl (C=O) groups is 2. The fourth-order valence-electron chi connectivity index (χ4n) is 2.59. The van der Waals surface area contributed by atoms with Crippen LogP contribution in [0.3, 0.4) is 0 Å². The Kier molecular flexibility index (Phi) is 4.94. The number of esters is 1. The van der Waals surface area contributed by atoms with E-state index >= 15 is 0 Å². The van der Waals surface area contributed by atoms with E-state index in [1.807, 2.05) is 35.7 Å². The Morgan fingerprint density at radius 1 is 1.14 bits per heavy atom. The van der Waals surface area contributed by atoms with Crippen LogP contribution in [-0.2, 0) is 9.53 Å². The first-order valence-corrected chi connectivity index (χ1v) is 9.40. The Bertz CT molecular complexity index is 1020. The van der Waals surface area contributed by atoms with Gasteiger partial charge in [-0.05, 0) is 25.1 Å². The SMILES string of the molecule is C[C@@H](OC(=O)c1ccc2c(c1)OCO2)C(=O)Nc1nc(-c2ccccc2)cs1. The van der Waals surface area contributed by atoms with Gasteiger partial charge >= 0.3 is 5.97 Å². The summed E-state index contributed by atoms with van der Waals surface area (Å²) in [7, 11) is 0. The number of carbonyl (C=O) groups excluding carboxylic acids is 2. The van der Waals surface area contributed by atoms with Crippen LogP contribution in [0.5, 0.6) is 11.5 Å². The number of ether oxygens (including phenoxy) is 3. The van der Waals surface area contributed by atoms with Crippen LogP contribution >= 0.6 is 11.3 Å². The van der Waals surface area contributed by atoms with Crippen molar-refractivity contribution >= 4 is 28.3 Å². The molecule has 1 amide bonds. The molecule has 0 bridgehead atoms. The standard InChI is InChI=1S/C20H16N2O5S/c1-12(27-19(24)14-7-8-16-17(9-14)26-11-25-16)18(23)22-20-21-15(10-28-20)13-5-3-2-4-6-13/h2-10,12H,11H2,1H3,(H,21,22,23)/t12-/m1/s1. The van der Waals surface area contributed by atoms with Gasteiger partial charge in [-0.3, -0.25) is 10.1 Å². The van der Waals surface area contributed by atoms with Crippen molar-refractivity contribution in [1.29, 1.82) is 0 Å². The van der Waals surface area contributed by atoms with Crippen LogP contribution in [0.2, 0.25) is 0 Å². The second-order valence-corrected chi connectivity index (χ2v) is 6.87. The molecule has 0 radical (unpaired) electrons. The number of hydrogen-bond acceptors (Lipinski definition) is 7. The lowest BCUT2D eigenvalue weighted by atomic mass is 10.2. The third-order valence-electron chi connectivity index (χ3n) is 4.07. The van der Waals surface area contributed by atoms with Gasteiger partial charge in [0.25, 0.3) is 5.91 Å². The number of thiazole rings is 1. The lowest BCUT2D eigenvalue weighted by Crippen LogP contribution is -2.29. The quantitative estimate of drug-likeness (QED) is 0.662. The molecule has 1 N–H and O–H groups in total. The van der Waals surface area contributed by atoms with Crippen molar-refractivity contribution < 1.29 is 23.8 Å². The maximum absolute atomic E-state index is 12.3. The number of benzene rings is 2. The maximum atomic E-state index is 12.3. The molecular formula is C20H16N2O5S. The van der Waals surface area contributed by atoms with Crippen LogP contribution < -0.4 is 14.8 Å². The minimum atomic E-state index is -0.984. The number of hydrogen-bond donors (Lipinski definition) is 1. The summed E-state index contributed by atoms with van der Waals surface area (Å²) in [6.45, 7) is 1.62. The van der Waals surface area contributed by atoms with E-state index in [0.717, 1.165) is 11.3 Å². The average molecular weight is 396 g/mol. The fourth-order valence-corrected chi connectivity index (χ4v) is 3.31. The first-order valence-electron chi connectivity index (χ1n) is 8.52. The second kappa shape index (κ2) is 7.69. The normalized spacial score (nSPS) is 13.0. The first-order chi connectivity index (χ1) is 13.6. The van der Waals surface area contributed by atoms with Crippen molar-refractivity contribution in [3.05, 3.63) is 59.5 Å². The Morgan fingerprint density at radius 3 is 2.75 bits per heavy atom. The molecule has 4 rings (SSSR count). The van der Waals surface area contributed by atoms with Crippen LogP contribution in [0.4, 0.5) is 5.13 Å². The molecule has 1 aliphatic rings. The number of fused-ring (bicyclic) bond motifs is 1. The highest BCUT2D eigenvalue weighted by molar-refractivity contribution is 7.14. The zero-order valence-electron chi connectivity index (χ0n) is 14.9. The molecular weight excluding hydrogens is 380 g/mol. The highest BCUT2D eigenvalue weighted by atomic mass is 32.1. The second-order valence-electron chi connectivity index (χ2n) is 6.01. The third-order valence-corrected chi connectivity index (χ3v) is 4.82. The van der Waals surface area contributed by atoms with Crippen LogP contribution in [0.15, 0.2) is 53.9 Å². The van der Waals surface area contributed by atoms with Crippen LogP contribution in [-0.4, -0.2) is 29.8 Å². The van der Waals surface area contributed by atoms with Gasteiger partial charge in [-0.2, -0.15) is 0 Å². The Morgan fingerprint density at radius 2 is 1.93 bits per heavy atom. The Balaban J connectivity index is 1.37. The van der Waals surface area contributed by atoms with Crippen LogP contribution in [0.1, 0.15) is 17.3 Å². The summed E-state index contributed by atoms with van der Waals surface area (Å²) in [4.78, 5) is 29.0. The lowest BCUT2D eigenvalue weighted by molar-refractivity contribution is -0.123. The lowest BCUT2D eigenvalue weighted by Gasteiger charge is -2.12. The van der Waals surface area contributed by atoms with Gasteiger partial charge in [-0.1, -0.05) is 30.3 Å². The molecule has 0 spiro atoms. The summed E-state index contributed by atoms with van der Waals surface area (Å²) in [6, 6.07) is 14.4. The molecule has 7 nitrogen and oxygen atoms in total. The zero-order chi connectivity index (χ0) is 19.5. The average Bonchev–Trinajstić information content (AvgIpc) is 3.37. The van der Waals surface area contributed by atoms with E-state index in [4.69, 9.17) is 14.2 Å². The predicted octanol–water partition coefficient (Wildman–Crippen LogP) is 3.72. The molecule has 2 aromatic carbocycles. The van der Waals surface area contributed by atoms with Crippen LogP contribution in [0, 0.1) is 0 Å². The van der Waals surface area contributed by atoms with Gasteiger partial charge in [0.2, 0.25) is 6.79 Å². The molecule has 2 heterocycles. The summed E-state index contributed by atoms with van der Waals surface area (Å²) < 4.78 is 15.7. The molecule has 1 atom stereocenters. The predicted molar refractivity (Wildman–Crippen MR) is 104 cm³/mol. The highest BCUT2D eigenvalue weighted by Gasteiger charge is 2.22. The van der Waals surface area contributed by atoms with Gasteiger partial charge in [0.1, 0.15) is 0 Å². The van der Waals surface area contributed by atoms with Gasteiger partial charge < -0.3 is 14.2 Å². The van der Waals surface area contributed by atoms with Gasteiger partial charge in [0.05, 0.1) is 11.3 Å². The number of anilines is 1. The van der Waals surface area contributed by atoms with E-state index in [0.29, 0.717) is 16.6 Å². The van der Waals surface area contributed by atoms with Crippen molar-refractivity contribution in [2.24, 2.45) is 0 Å². The molecule has 142 valence electrons. The number of nitrogens with zero attached hydrogens (tertiary/aromatic N) is 1. The first kappa shape index (κ1) is 18.0. The molecule has 0 saturated heterocycles. The van der Waals surface area contributed by atoms with Gasteiger partial charge in [-0.25, -0.2) is 9.78 Å². The smallest absolute Gasteiger partial charge is 0.339 e. The topological polar surface area (TPSA) is 86.8 Å². The third kappa shape index (κ3) is 3.81. The van der Waals surface area contributed by atoms with E-state index in [2.05, 4.69) is 10.3 Å². The minimum absolute atomic E-state index is 0.116. The molecule has 0 saturated carbocycles. The fraction of sp³-hybridized carbons (Fsp3) is 0.150. The number of nitrogens with one attached hydrogen (secondary N) is 1. The summed E-state index contributed by atoms with van der Waals surface area (Å²) in [5.41, 5.74) is 2.01. The van der Waals surface area contributed by atoms with Gasteiger partial charge in [0.15, 0.2) is 22.7 Å². The molecule has 1 aliphatic heterocycles. The zero-order valence-corrected chi connectivity index (χ0v) is 15.7. The molecule has 0 fully saturated rings. The summed E-state index contributed by atoms with van der Waals surface area (Å²) >= 11 is 1.30. The maximum Gasteiger partial charge on any atom is 0.339 e. The Hall–Kier alpha value is -3.39. The number of rotatable bonds is 5. The summed E-state index contributed by atoms with van der Waals surface area (Å²) in [5, 5.41) is 4.97. The van der Waals surface area contributed by atoms with E-state index in [-0.39, 0.29) is 12.4 Å². The Labute approximate surface area is 164 Å². The van der Waals surface area contributed by atoms with E-state index in [9.17, 15) is 9.59 Å². The summed E-state index contributed by atoms with van der Waals surface area (Å²) in [6.07, 6.45) is -0.984. The molecule has 8 heteroatoms. The molecule has 3 aromatic rings. The van der Waals surface area contributed by atoms with Crippen molar-refractivity contribution in [3.63, 3.8) is 0 Å². The van der Waals surface area contributed by atoms with E-state index < -0.39 is 18.0 Å². The number of aromatic nitrogens is 1. The van der Waals surface area contributed by atoms with Crippen molar-refractivity contribution in [2.45, 2.75) is 13.0 Å². The molecule has 0 aliphatic carbocycles. The van der Waals surface area contributed by atoms with Crippen LogP contribution in [0.25, 0.3) is 11.3 Å². The van der Waals surface area contributed by atoms with Gasteiger partial charge in [-0.15, -0.1) is 11.3 Å². The largest absolute Gasteiger partial charge is 0.454 e. The molecule has 0 unspecified atom stereocenters. The minimum Gasteiger partial charge on any atom is -0.454 e. The molecule has 1 aromatic heterocycles.